The molecule has 2 aliphatic heterocycles. The predicted octanol–water partition coefficient (Wildman–Crippen LogP) is -2.13. The first-order valence-corrected chi connectivity index (χ1v) is 13.3. The summed E-state index contributed by atoms with van der Waals surface area (Å²) in [5.74, 6) is -0.473. The molecule has 0 aliphatic carbocycles. The molecule has 15 nitrogen and oxygen atoms in total. The van der Waals surface area contributed by atoms with Gasteiger partial charge in [-0.1, -0.05) is 0 Å². The third-order valence-electron chi connectivity index (χ3n) is 7.61. The molecule has 0 amide bonds. The lowest BCUT2D eigenvalue weighted by Crippen LogP contribution is -2.60. The minimum Gasteiger partial charge on any atom is -0.508 e. The van der Waals surface area contributed by atoms with E-state index in [1.165, 1.54) is 37.4 Å². The number of aliphatic hydroxyl groups is 8. The summed E-state index contributed by atoms with van der Waals surface area (Å²) in [6.07, 6.45) is -16.4. The maximum atomic E-state index is 13.7. The van der Waals surface area contributed by atoms with Gasteiger partial charge in [0.15, 0.2) is 11.0 Å². The number of aliphatic hydroxyl groups excluding tert-OH is 8. The minimum absolute atomic E-state index is 0.00427. The van der Waals surface area contributed by atoms with Crippen LogP contribution in [0.5, 0.6) is 17.2 Å². The van der Waals surface area contributed by atoms with Gasteiger partial charge in [-0.15, -0.1) is 0 Å². The van der Waals surface area contributed by atoms with Crippen molar-refractivity contribution in [3.05, 3.63) is 52.2 Å². The molecule has 234 valence electrons. The fraction of sp³-hybridized carbons (Fsp3) is 0.464. The Morgan fingerprint density at radius 1 is 0.767 bits per heavy atom. The summed E-state index contributed by atoms with van der Waals surface area (Å²) in [5, 5.41) is 91.4. The first kappa shape index (κ1) is 31.1. The van der Waals surface area contributed by atoms with Gasteiger partial charge in [0.1, 0.15) is 83.3 Å². The molecule has 3 aromatic rings. The molecule has 3 heterocycles. The van der Waals surface area contributed by atoms with E-state index in [0.717, 1.165) is 6.07 Å². The fourth-order valence-corrected chi connectivity index (χ4v) is 5.23. The van der Waals surface area contributed by atoms with E-state index in [9.17, 15) is 50.8 Å². The van der Waals surface area contributed by atoms with Crippen molar-refractivity contribution in [2.24, 2.45) is 0 Å². The third-order valence-corrected chi connectivity index (χ3v) is 7.61. The van der Waals surface area contributed by atoms with E-state index in [0.29, 0.717) is 5.56 Å². The molecular weight excluding hydrogens is 576 g/mol. The number of aromatic hydroxyl groups is 1. The number of ether oxygens (including phenoxy) is 4. The molecule has 2 saturated heterocycles. The summed E-state index contributed by atoms with van der Waals surface area (Å²) in [5.41, 5.74) is -0.736. The van der Waals surface area contributed by atoms with Gasteiger partial charge in [-0.05, 0) is 24.3 Å². The van der Waals surface area contributed by atoms with E-state index in [4.69, 9.17) is 23.4 Å². The summed E-state index contributed by atoms with van der Waals surface area (Å²) >= 11 is 0. The van der Waals surface area contributed by atoms with Crippen LogP contribution in [0.2, 0.25) is 0 Å². The van der Waals surface area contributed by atoms with Gasteiger partial charge in [0, 0.05) is 17.7 Å². The normalized spacial score (nSPS) is 33.0. The Hall–Kier alpha value is -3.35. The lowest BCUT2D eigenvalue weighted by atomic mass is 9.89. The zero-order valence-electron chi connectivity index (χ0n) is 22.6. The van der Waals surface area contributed by atoms with Gasteiger partial charge in [-0.25, -0.2) is 0 Å². The Morgan fingerprint density at radius 3 is 1.98 bits per heavy atom. The topological polar surface area (TPSA) is 249 Å². The minimum atomic E-state index is -1.83. The Balaban J connectivity index is 1.72. The van der Waals surface area contributed by atoms with Crippen LogP contribution in [-0.4, -0.2) is 121 Å². The fourth-order valence-electron chi connectivity index (χ4n) is 5.23. The summed E-state index contributed by atoms with van der Waals surface area (Å²) in [6, 6.07) is 7.95. The van der Waals surface area contributed by atoms with Crippen molar-refractivity contribution in [3.63, 3.8) is 0 Å². The van der Waals surface area contributed by atoms with Gasteiger partial charge in [0.2, 0.25) is 6.29 Å². The molecule has 10 atom stereocenters. The zero-order chi connectivity index (χ0) is 31.2. The maximum absolute atomic E-state index is 13.7. The van der Waals surface area contributed by atoms with Crippen LogP contribution >= 0.6 is 0 Å². The molecule has 0 radical (unpaired) electrons. The van der Waals surface area contributed by atoms with Crippen molar-refractivity contribution >= 4 is 11.0 Å². The van der Waals surface area contributed by atoms with Gasteiger partial charge in [-0.2, -0.15) is 0 Å². The van der Waals surface area contributed by atoms with Gasteiger partial charge < -0.3 is 69.3 Å². The monoisotopic (exact) mass is 608 g/mol. The highest BCUT2D eigenvalue weighted by Gasteiger charge is 2.47. The van der Waals surface area contributed by atoms with E-state index in [-0.39, 0.29) is 39.5 Å². The highest BCUT2D eigenvalue weighted by atomic mass is 16.7. The molecule has 0 bridgehead atoms. The Bertz CT molecular complexity index is 1490. The van der Waals surface area contributed by atoms with E-state index in [1.807, 2.05) is 0 Å². The average molecular weight is 609 g/mol. The number of benzene rings is 2. The predicted molar refractivity (Wildman–Crippen MR) is 143 cm³/mol. The second-order valence-corrected chi connectivity index (χ2v) is 10.3. The summed E-state index contributed by atoms with van der Waals surface area (Å²) in [4.78, 5) is 13.7. The van der Waals surface area contributed by atoms with Crippen molar-refractivity contribution in [2.75, 3.05) is 20.3 Å². The molecule has 43 heavy (non-hydrogen) atoms. The largest absolute Gasteiger partial charge is 0.508 e. The summed E-state index contributed by atoms with van der Waals surface area (Å²) in [7, 11) is 1.23. The number of phenols is 1. The van der Waals surface area contributed by atoms with E-state index in [2.05, 4.69) is 0 Å². The van der Waals surface area contributed by atoms with Crippen LogP contribution in [0.3, 0.4) is 0 Å². The van der Waals surface area contributed by atoms with Gasteiger partial charge in [0.25, 0.3) is 0 Å². The SMILES string of the molecule is COc1cc(OC2OC(CO)C(O)C(O)C2O)c2c(=O)cc(-c3ccc(O)cc3)oc2c1C1OC(CO)C(O)C(O)C1O. The molecule has 15 heteroatoms. The van der Waals surface area contributed by atoms with Gasteiger partial charge in [-0.3, -0.25) is 4.79 Å². The molecular formula is C28H32O15. The molecule has 5 rings (SSSR count). The first-order valence-electron chi connectivity index (χ1n) is 13.3. The Kier molecular flexibility index (Phi) is 8.92. The Labute approximate surface area is 242 Å². The number of hydrogen-bond donors (Lipinski definition) is 9. The molecule has 0 spiro atoms. The maximum Gasteiger partial charge on any atom is 0.229 e. The lowest BCUT2D eigenvalue weighted by Gasteiger charge is -2.41. The molecule has 2 aliphatic rings. The van der Waals surface area contributed by atoms with Crippen LogP contribution in [0.25, 0.3) is 22.3 Å². The van der Waals surface area contributed by atoms with Crippen LogP contribution in [0, 0.1) is 0 Å². The molecule has 10 unspecified atom stereocenters. The van der Waals surface area contributed by atoms with E-state index in [1.54, 1.807) is 0 Å². The number of methoxy groups -OCH3 is 1. The molecule has 0 saturated carbocycles. The lowest BCUT2D eigenvalue weighted by molar-refractivity contribution is -0.277. The van der Waals surface area contributed by atoms with Crippen molar-refractivity contribution in [3.8, 4) is 28.6 Å². The van der Waals surface area contributed by atoms with Gasteiger partial charge in [0.05, 0.1) is 25.9 Å². The van der Waals surface area contributed by atoms with Crippen molar-refractivity contribution in [2.45, 2.75) is 61.2 Å². The summed E-state index contributed by atoms with van der Waals surface area (Å²) < 4.78 is 28.7. The van der Waals surface area contributed by atoms with Crippen molar-refractivity contribution in [1.29, 1.82) is 0 Å². The molecule has 9 N–H and O–H groups in total. The Morgan fingerprint density at radius 2 is 1.37 bits per heavy atom. The van der Waals surface area contributed by atoms with Crippen LogP contribution in [0.4, 0.5) is 0 Å². The molecule has 1 aromatic heterocycles. The third kappa shape index (κ3) is 5.56. The zero-order valence-corrected chi connectivity index (χ0v) is 22.6. The first-order chi connectivity index (χ1) is 20.5. The average Bonchev–Trinajstić information content (AvgIpc) is 3.00. The van der Waals surface area contributed by atoms with Crippen LogP contribution in [-0.2, 0) is 9.47 Å². The highest BCUT2D eigenvalue weighted by Crippen LogP contribution is 2.45. The van der Waals surface area contributed by atoms with Crippen molar-refractivity contribution in [1.82, 2.24) is 0 Å². The number of fused-ring (bicyclic) bond motifs is 1. The smallest absolute Gasteiger partial charge is 0.229 e. The molecule has 2 fully saturated rings. The summed E-state index contributed by atoms with van der Waals surface area (Å²) in [6.45, 7) is -1.47. The van der Waals surface area contributed by atoms with E-state index >= 15 is 0 Å². The van der Waals surface area contributed by atoms with Crippen LogP contribution in [0.1, 0.15) is 11.7 Å². The second-order valence-electron chi connectivity index (χ2n) is 10.3. The highest BCUT2D eigenvalue weighted by molar-refractivity contribution is 5.90. The van der Waals surface area contributed by atoms with Crippen LogP contribution < -0.4 is 14.9 Å². The number of hydrogen-bond acceptors (Lipinski definition) is 15. The standard InChI is InChI=1S/C28H32O15/c1-39-14-7-15(42-28-25(38)23(36)21(34)17(9-30)43-28)18-12(32)6-13(10-2-4-11(31)5-3-10)40-26(18)19(14)27-24(37)22(35)20(33)16(8-29)41-27/h2-7,16-17,20-25,27-31,33-38H,8-9H2,1H3. The van der Waals surface area contributed by atoms with E-state index < -0.39 is 79.9 Å². The van der Waals surface area contributed by atoms with Crippen LogP contribution in [0.15, 0.2) is 45.6 Å². The number of phenolic OH excluding ortho intramolecular Hbond substituents is 1. The van der Waals surface area contributed by atoms with Crippen molar-refractivity contribution < 1.29 is 69.3 Å². The quantitative estimate of drug-likeness (QED) is 0.139. The number of rotatable bonds is 7. The molecule has 2 aromatic carbocycles. The second kappa shape index (κ2) is 12.3. The van der Waals surface area contributed by atoms with Gasteiger partial charge >= 0.3 is 0 Å².